The molecule has 0 spiro atoms. The van der Waals surface area contributed by atoms with E-state index in [0.717, 1.165) is 35.2 Å². The number of amides is 1. The first-order valence-electron chi connectivity index (χ1n) is 6.42. The topological polar surface area (TPSA) is 41.1 Å². The molecule has 5 heteroatoms. The second kappa shape index (κ2) is 7.88. The number of carbonyl (C=O) groups is 1. The molecule has 2 N–H and O–H groups in total. The third-order valence-corrected chi connectivity index (χ3v) is 3.88. The number of nitrogens with one attached hydrogen (secondary N) is 2. The Morgan fingerprint density at radius 2 is 2.32 bits per heavy atom. The van der Waals surface area contributed by atoms with Crippen LogP contribution in [-0.4, -0.2) is 25.5 Å². The van der Waals surface area contributed by atoms with Gasteiger partial charge in [0.2, 0.25) is 0 Å². The predicted molar refractivity (Wildman–Crippen MR) is 84.1 cm³/mol. The van der Waals surface area contributed by atoms with Gasteiger partial charge in [0.05, 0.1) is 0 Å². The lowest BCUT2D eigenvalue weighted by atomic mass is 9.99. The van der Waals surface area contributed by atoms with E-state index in [4.69, 9.17) is 0 Å². The number of aryl methyl sites for hydroxylation is 1. The molecular weight excluding hydrogens is 328 g/mol. The van der Waals surface area contributed by atoms with Crippen LogP contribution in [0.15, 0.2) is 22.7 Å². The van der Waals surface area contributed by atoms with Crippen LogP contribution in [0.2, 0.25) is 0 Å². The molecule has 0 bridgehead atoms. The summed E-state index contributed by atoms with van der Waals surface area (Å²) in [7, 11) is 0. The molecular formula is C14H20BrClN2O. The lowest BCUT2D eigenvalue weighted by Crippen LogP contribution is -2.38. The van der Waals surface area contributed by atoms with Crippen LogP contribution in [0.5, 0.6) is 0 Å². The van der Waals surface area contributed by atoms with Crippen molar-refractivity contribution in [1.29, 1.82) is 0 Å². The van der Waals surface area contributed by atoms with Crippen molar-refractivity contribution in [3.05, 3.63) is 33.8 Å². The van der Waals surface area contributed by atoms with Crippen LogP contribution in [-0.2, 0) is 0 Å². The van der Waals surface area contributed by atoms with Crippen molar-refractivity contribution < 1.29 is 4.79 Å². The van der Waals surface area contributed by atoms with Gasteiger partial charge < -0.3 is 10.6 Å². The molecule has 1 atom stereocenters. The summed E-state index contributed by atoms with van der Waals surface area (Å²) in [4.78, 5) is 12.1. The molecule has 106 valence electrons. The maximum Gasteiger partial charge on any atom is 0.251 e. The molecule has 3 nitrogen and oxygen atoms in total. The first-order chi connectivity index (χ1) is 8.66. The van der Waals surface area contributed by atoms with E-state index in [-0.39, 0.29) is 18.3 Å². The van der Waals surface area contributed by atoms with Crippen LogP contribution in [0.25, 0.3) is 0 Å². The lowest BCUT2D eigenvalue weighted by molar-refractivity contribution is 0.0944. The van der Waals surface area contributed by atoms with Crippen LogP contribution in [0.1, 0.15) is 28.8 Å². The molecule has 0 aromatic heterocycles. The summed E-state index contributed by atoms with van der Waals surface area (Å²) in [6.07, 6.45) is 2.41. The average molecular weight is 348 g/mol. The fraction of sp³-hybridized carbons (Fsp3) is 0.500. The van der Waals surface area contributed by atoms with Gasteiger partial charge in [0.1, 0.15) is 0 Å². The van der Waals surface area contributed by atoms with E-state index in [0.29, 0.717) is 5.92 Å². The number of benzene rings is 1. The summed E-state index contributed by atoms with van der Waals surface area (Å²) in [6, 6.07) is 5.75. The van der Waals surface area contributed by atoms with Crippen LogP contribution >= 0.6 is 28.3 Å². The van der Waals surface area contributed by atoms with Gasteiger partial charge in [-0.2, -0.15) is 0 Å². The summed E-state index contributed by atoms with van der Waals surface area (Å²) in [6.45, 7) is 4.85. The van der Waals surface area contributed by atoms with Crippen molar-refractivity contribution in [3.63, 3.8) is 0 Å². The summed E-state index contributed by atoms with van der Waals surface area (Å²) < 4.78 is 1.01. The molecule has 1 aliphatic rings. The molecule has 1 aromatic rings. The van der Waals surface area contributed by atoms with Crippen LogP contribution in [0.3, 0.4) is 0 Å². The zero-order valence-corrected chi connectivity index (χ0v) is 13.4. The highest BCUT2D eigenvalue weighted by atomic mass is 79.9. The Bertz CT molecular complexity index is 433. The second-order valence-corrected chi connectivity index (χ2v) is 5.80. The SMILES string of the molecule is Cc1cc(Br)ccc1C(=O)NCC1CCCNC1.Cl. The van der Waals surface area contributed by atoms with E-state index >= 15 is 0 Å². The van der Waals surface area contributed by atoms with Crippen molar-refractivity contribution in [2.24, 2.45) is 5.92 Å². The van der Waals surface area contributed by atoms with E-state index in [1.54, 1.807) is 0 Å². The fourth-order valence-electron chi connectivity index (χ4n) is 2.31. The van der Waals surface area contributed by atoms with E-state index in [1.165, 1.54) is 12.8 Å². The van der Waals surface area contributed by atoms with E-state index in [9.17, 15) is 4.79 Å². The highest BCUT2D eigenvalue weighted by Gasteiger charge is 2.15. The minimum absolute atomic E-state index is 0. The minimum Gasteiger partial charge on any atom is -0.352 e. The minimum atomic E-state index is 0. The highest BCUT2D eigenvalue weighted by molar-refractivity contribution is 9.10. The van der Waals surface area contributed by atoms with Crippen molar-refractivity contribution >= 4 is 34.2 Å². The number of hydrogen-bond acceptors (Lipinski definition) is 2. The molecule has 0 saturated carbocycles. The maximum absolute atomic E-state index is 12.1. The zero-order valence-electron chi connectivity index (χ0n) is 11.0. The number of rotatable bonds is 3. The number of carbonyl (C=O) groups excluding carboxylic acids is 1. The molecule has 1 amide bonds. The van der Waals surface area contributed by atoms with Gasteiger partial charge in [0.25, 0.3) is 5.91 Å². The standard InChI is InChI=1S/C14H19BrN2O.ClH/c1-10-7-12(15)4-5-13(10)14(18)17-9-11-3-2-6-16-8-11;/h4-5,7,11,16H,2-3,6,8-9H2,1H3,(H,17,18);1H. The molecule has 1 fully saturated rings. The molecule has 0 radical (unpaired) electrons. The predicted octanol–water partition coefficient (Wildman–Crippen LogP) is 2.91. The number of piperidine rings is 1. The van der Waals surface area contributed by atoms with Gasteiger partial charge >= 0.3 is 0 Å². The lowest BCUT2D eigenvalue weighted by Gasteiger charge is -2.23. The van der Waals surface area contributed by atoms with Gasteiger partial charge in [-0.25, -0.2) is 0 Å². The van der Waals surface area contributed by atoms with E-state index < -0.39 is 0 Å². The average Bonchev–Trinajstić information content (AvgIpc) is 2.37. The van der Waals surface area contributed by atoms with Gasteiger partial charge in [0, 0.05) is 16.6 Å². The number of halogens is 2. The first kappa shape index (κ1) is 16.5. The quantitative estimate of drug-likeness (QED) is 0.883. The molecule has 1 unspecified atom stereocenters. The Kier molecular flexibility index (Phi) is 6.83. The van der Waals surface area contributed by atoms with Gasteiger partial charge in [-0.1, -0.05) is 15.9 Å². The summed E-state index contributed by atoms with van der Waals surface area (Å²) in [5, 5.41) is 6.39. The van der Waals surface area contributed by atoms with Crippen LogP contribution in [0, 0.1) is 12.8 Å². The van der Waals surface area contributed by atoms with E-state index in [1.807, 2.05) is 25.1 Å². The third-order valence-electron chi connectivity index (χ3n) is 3.38. The molecule has 1 aromatic carbocycles. The van der Waals surface area contributed by atoms with Crippen molar-refractivity contribution in [1.82, 2.24) is 10.6 Å². The largest absolute Gasteiger partial charge is 0.352 e. The van der Waals surface area contributed by atoms with E-state index in [2.05, 4.69) is 26.6 Å². The Morgan fingerprint density at radius 3 is 2.95 bits per heavy atom. The smallest absolute Gasteiger partial charge is 0.251 e. The van der Waals surface area contributed by atoms with Gasteiger partial charge in [0.15, 0.2) is 0 Å². The maximum atomic E-state index is 12.1. The molecule has 1 aliphatic heterocycles. The Morgan fingerprint density at radius 1 is 1.53 bits per heavy atom. The first-order valence-corrected chi connectivity index (χ1v) is 7.21. The second-order valence-electron chi connectivity index (χ2n) is 4.88. The van der Waals surface area contributed by atoms with Crippen LogP contribution < -0.4 is 10.6 Å². The molecule has 2 rings (SSSR count). The summed E-state index contributed by atoms with van der Waals surface area (Å²) >= 11 is 3.41. The monoisotopic (exact) mass is 346 g/mol. The molecule has 1 saturated heterocycles. The molecule has 0 aliphatic carbocycles. The molecule has 19 heavy (non-hydrogen) atoms. The third kappa shape index (κ3) is 4.79. The highest BCUT2D eigenvalue weighted by Crippen LogP contribution is 2.16. The molecule has 1 heterocycles. The Labute approximate surface area is 129 Å². The van der Waals surface area contributed by atoms with Crippen molar-refractivity contribution in [2.45, 2.75) is 19.8 Å². The summed E-state index contributed by atoms with van der Waals surface area (Å²) in [5.74, 6) is 0.601. The number of hydrogen-bond donors (Lipinski definition) is 2. The fourth-order valence-corrected chi connectivity index (χ4v) is 2.79. The van der Waals surface area contributed by atoms with Gasteiger partial charge in [-0.05, 0) is 62.5 Å². The van der Waals surface area contributed by atoms with Gasteiger partial charge in [-0.15, -0.1) is 12.4 Å². The Hall–Kier alpha value is -0.580. The summed E-state index contributed by atoms with van der Waals surface area (Å²) in [5.41, 5.74) is 1.77. The van der Waals surface area contributed by atoms with Crippen molar-refractivity contribution in [3.8, 4) is 0 Å². The van der Waals surface area contributed by atoms with Gasteiger partial charge in [-0.3, -0.25) is 4.79 Å². The van der Waals surface area contributed by atoms with Crippen LogP contribution in [0.4, 0.5) is 0 Å². The van der Waals surface area contributed by atoms with Crippen molar-refractivity contribution in [2.75, 3.05) is 19.6 Å². The normalized spacial score (nSPS) is 18.5. The Balaban J connectivity index is 0.00000180. The zero-order chi connectivity index (χ0) is 13.0.